The number of hydrogen-bond donors (Lipinski definition) is 1. The Labute approximate surface area is 94.1 Å². The summed E-state index contributed by atoms with van der Waals surface area (Å²) in [6, 6.07) is -0.470. The number of carboxylic acids is 1. The van der Waals surface area contributed by atoms with Gasteiger partial charge < -0.3 is 10.0 Å². The molecule has 0 unspecified atom stereocenters. The molecule has 0 radical (unpaired) electrons. The van der Waals surface area contributed by atoms with Crippen molar-refractivity contribution in [1.82, 2.24) is 9.97 Å². The van der Waals surface area contributed by atoms with E-state index in [2.05, 4.69) is 9.97 Å². The lowest BCUT2D eigenvalue weighted by atomic mass is 10.2. The van der Waals surface area contributed by atoms with Crippen molar-refractivity contribution in [2.45, 2.75) is 32.7 Å². The van der Waals surface area contributed by atoms with Gasteiger partial charge in [-0.2, -0.15) is 0 Å². The minimum atomic E-state index is -0.792. The van der Waals surface area contributed by atoms with Crippen LogP contribution in [0.2, 0.25) is 0 Å². The maximum absolute atomic E-state index is 11.0. The maximum atomic E-state index is 11.0. The Morgan fingerprint density at radius 1 is 1.56 bits per heavy atom. The summed E-state index contributed by atoms with van der Waals surface area (Å²) >= 11 is 0. The molecule has 1 aliphatic rings. The van der Waals surface area contributed by atoms with Crippen molar-refractivity contribution in [3.8, 4) is 0 Å². The Kier molecular flexibility index (Phi) is 2.77. The van der Waals surface area contributed by atoms with Crippen LogP contribution in [0.5, 0.6) is 0 Å². The van der Waals surface area contributed by atoms with Crippen molar-refractivity contribution in [3.63, 3.8) is 0 Å². The lowest BCUT2D eigenvalue weighted by Gasteiger charge is -2.21. The van der Waals surface area contributed by atoms with E-state index >= 15 is 0 Å². The molecule has 0 saturated carbocycles. The molecule has 1 fully saturated rings. The first-order chi connectivity index (χ1) is 7.59. The number of anilines is 1. The van der Waals surface area contributed by atoms with Crippen LogP contribution >= 0.6 is 0 Å². The monoisotopic (exact) mass is 221 g/mol. The van der Waals surface area contributed by atoms with Gasteiger partial charge in [0.2, 0.25) is 5.95 Å². The molecule has 1 aromatic rings. The standard InChI is InChI=1S/C11H15N3O2/c1-7-6-12-11(13-8(7)2)14-5-3-4-9(14)10(15)16/h6,9H,3-5H2,1-2H3,(H,15,16)/t9-/m0/s1. The van der Waals surface area contributed by atoms with Crippen molar-refractivity contribution >= 4 is 11.9 Å². The molecule has 2 heterocycles. The molecule has 16 heavy (non-hydrogen) atoms. The summed E-state index contributed by atoms with van der Waals surface area (Å²) in [6.07, 6.45) is 3.30. The number of nitrogens with zero attached hydrogens (tertiary/aromatic N) is 3. The Balaban J connectivity index is 2.29. The molecule has 1 aromatic heterocycles. The highest BCUT2D eigenvalue weighted by Crippen LogP contribution is 2.22. The van der Waals surface area contributed by atoms with Crippen molar-refractivity contribution in [1.29, 1.82) is 0 Å². The highest BCUT2D eigenvalue weighted by atomic mass is 16.4. The molecule has 1 atom stereocenters. The van der Waals surface area contributed by atoms with E-state index in [4.69, 9.17) is 5.11 Å². The first-order valence-electron chi connectivity index (χ1n) is 5.39. The summed E-state index contributed by atoms with van der Waals surface area (Å²) in [7, 11) is 0. The van der Waals surface area contributed by atoms with Crippen LogP contribution in [-0.2, 0) is 4.79 Å². The second kappa shape index (κ2) is 4.08. The lowest BCUT2D eigenvalue weighted by Crippen LogP contribution is -2.37. The first-order valence-corrected chi connectivity index (χ1v) is 5.39. The largest absolute Gasteiger partial charge is 0.480 e. The molecule has 1 saturated heterocycles. The summed E-state index contributed by atoms with van der Waals surface area (Å²) < 4.78 is 0. The topological polar surface area (TPSA) is 66.3 Å². The number of hydrogen-bond acceptors (Lipinski definition) is 4. The van der Waals surface area contributed by atoms with Crippen LogP contribution in [0, 0.1) is 13.8 Å². The van der Waals surface area contributed by atoms with Gasteiger partial charge >= 0.3 is 5.97 Å². The predicted molar refractivity (Wildman–Crippen MR) is 59.5 cm³/mol. The maximum Gasteiger partial charge on any atom is 0.326 e. The quantitative estimate of drug-likeness (QED) is 0.811. The van der Waals surface area contributed by atoms with Crippen molar-refractivity contribution in [3.05, 3.63) is 17.5 Å². The average molecular weight is 221 g/mol. The van der Waals surface area contributed by atoms with Crippen molar-refractivity contribution in [2.75, 3.05) is 11.4 Å². The number of aryl methyl sites for hydroxylation is 2. The molecule has 5 heteroatoms. The van der Waals surface area contributed by atoms with Gasteiger partial charge in [0, 0.05) is 18.4 Å². The van der Waals surface area contributed by atoms with E-state index in [1.54, 1.807) is 11.1 Å². The van der Waals surface area contributed by atoms with Gasteiger partial charge in [0.1, 0.15) is 6.04 Å². The molecule has 5 nitrogen and oxygen atoms in total. The third kappa shape index (κ3) is 1.85. The smallest absolute Gasteiger partial charge is 0.326 e. The van der Waals surface area contributed by atoms with E-state index in [1.165, 1.54) is 0 Å². The number of carbonyl (C=O) groups is 1. The molecular formula is C11H15N3O2. The second-order valence-corrected chi connectivity index (χ2v) is 4.13. The Morgan fingerprint density at radius 3 is 2.94 bits per heavy atom. The van der Waals surface area contributed by atoms with Crippen LogP contribution < -0.4 is 4.90 Å². The van der Waals surface area contributed by atoms with Crippen molar-refractivity contribution in [2.24, 2.45) is 0 Å². The van der Waals surface area contributed by atoms with Gasteiger partial charge in [-0.1, -0.05) is 0 Å². The molecular weight excluding hydrogens is 206 g/mol. The van der Waals surface area contributed by atoms with E-state index in [0.29, 0.717) is 12.4 Å². The Hall–Kier alpha value is -1.65. The second-order valence-electron chi connectivity index (χ2n) is 4.13. The molecule has 0 aliphatic carbocycles. The van der Waals surface area contributed by atoms with Gasteiger partial charge in [0.15, 0.2) is 0 Å². The summed E-state index contributed by atoms with van der Waals surface area (Å²) in [5, 5.41) is 9.07. The summed E-state index contributed by atoms with van der Waals surface area (Å²) in [4.78, 5) is 21.4. The zero-order valence-corrected chi connectivity index (χ0v) is 9.47. The fourth-order valence-electron chi connectivity index (χ4n) is 1.92. The summed E-state index contributed by atoms with van der Waals surface area (Å²) in [5.74, 6) is -0.257. The van der Waals surface area contributed by atoms with Crippen LogP contribution in [0.25, 0.3) is 0 Å². The van der Waals surface area contributed by atoms with Gasteiger partial charge in [0.25, 0.3) is 0 Å². The molecule has 0 bridgehead atoms. The minimum absolute atomic E-state index is 0.470. The fourth-order valence-corrected chi connectivity index (χ4v) is 1.92. The fraction of sp³-hybridized carbons (Fsp3) is 0.545. The average Bonchev–Trinajstić information content (AvgIpc) is 2.71. The predicted octanol–water partition coefficient (Wildman–Crippen LogP) is 1.15. The van der Waals surface area contributed by atoms with Gasteiger partial charge in [-0.25, -0.2) is 14.8 Å². The third-order valence-corrected chi connectivity index (χ3v) is 3.01. The van der Waals surface area contributed by atoms with Gasteiger partial charge in [-0.05, 0) is 32.3 Å². The molecule has 0 aromatic carbocycles. The summed E-state index contributed by atoms with van der Waals surface area (Å²) in [5.41, 5.74) is 1.93. The van der Waals surface area contributed by atoms with E-state index in [9.17, 15) is 4.79 Å². The number of aromatic nitrogens is 2. The van der Waals surface area contributed by atoms with E-state index in [0.717, 1.165) is 24.2 Å². The SMILES string of the molecule is Cc1cnc(N2CCC[C@H]2C(=O)O)nc1C. The van der Waals surface area contributed by atoms with Crippen molar-refractivity contribution < 1.29 is 9.90 Å². The zero-order chi connectivity index (χ0) is 11.7. The highest BCUT2D eigenvalue weighted by molar-refractivity contribution is 5.78. The van der Waals surface area contributed by atoms with E-state index < -0.39 is 12.0 Å². The van der Waals surface area contributed by atoms with Crippen LogP contribution in [0.4, 0.5) is 5.95 Å². The van der Waals surface area contributed by atoms with Crippen LogP contribution in [-0.4, -0.2) is 33.6 Å². The number of rotatable bonds is 2. The van der Waals surface area contributed by atoms with E-state index in [-0.39, 0.29) is 0 Å². The van der Waals surface area contributed by atoms with Gasteiger partial charge in [-0.3, -0.25) is 0 Å². The zero-order valence-electron chi connectivity index (χ0n) is 9.47. The number of carboxylic acid groups (broad SMARTS) is 1. The van der Waals surface area contributed by atoms with Crippen LogP contribution in [0.3, 0.4) is 0 Å². The first kappa shape index (κ1) is 10.9. The molecule has 2 rings (SSSR count). The molecule has 86 valence electrons. The molecule has 1 aliphatic heterocycles. The molecule has 0 amide bonds. The Morgan fingerprint density at radius 2 is 2.31 bits per heavy atom. The highest BCUT2D eigenvalue weighted by Gasteiger charge is 2.32. The summed E-state index contributed by atoms with van der Waals surface area (Å²) in [6.45, 7) is 4.57. The van der Waals surface area contributed by atoms with Crippen LogP contribution in [0.1, 0.15) is 24.1 Å². The minimum Gasteiger partial charge on any atom is -0.480 e. The van der Waals surface area contributed by atoms with Crippen LogP contribution in [0.15, 0.2) is 6.20 Å². The molecule has 1 N–H and O–H groups in total. The third-order valence-electron chi connectivity index (χ3n) is 3.01. The molecule has 0 spiro atoms. The van der Waals surface area contributed by atoms with Gasteiger partial charge in [-0.15, -0.1) is 0 Å². The normalized spacial score (nSPS) is 20.1. The van der Waals surface area contributed by atoms with Gasteiger partial charge in [0.05, 0.1) is 0 Å². The van der Waals surface area contributed by atoms with E-state index in [1.807, 2.05) is 13.8 Å². The number of aliphatic carboxylic acids is 1. The Bertz CT molecular complexity index is 420. The lowest BCUT2D eigenvalue weighted by molar-refractivity contribution is -0.138.